The zero-order valence-corrected chi connectivity index (χ0v) is 15.1. The molecule has 1 aliphatic rings. The lowest BCUT2D eigenvalue weighted by atomic mass is 9.84. The van der Waals surface area contributed by atoms with E-state index in [2.05, 4.69) is 62.1 Å². The molecule has 1 fully saturated rings. The number of hydrogen-bond acceptors (Lipinski definition) is 3. The third kappa shape index (κ3) is 3.81. The molecular weight excluding hydrogens is 300 g/mol. The molecule has 1 N–H and O–H groups in total. The van der Waals surface area contributed by atoms with Crippen LogP contribution in [-0.2, 0) is 11.8 Å². The average Bonchev–Trinajstić information content (AvgIpc) is 2.96. The van der Waals surface area contributed by atoms with E-state index in [1.807, 2.05) is 0 Å². The smallest absolute Gasteiger partial charge is 0.280 e. The minimum Gasteiger partial charge on any atom is -0.383 e. The van der Waals surface area contributed by atoms with Crippen molar-refractivity contribution in [1.29, 1.82) is 0 Å². The highest BCUT2D eigenvalue weighted by Gasteiger charge is 2.29. The monoisotopic (exact) mass is 328 g/mol. The largest absolute Gasteiger partial charge is 0.383 e. The Bertz CT molecular complexity index is 721. The van der Waals surface area contributed by atoms with Crippen molar-refractivity contribution in [2.24, 2.45) is 0 Å². The Morgan fingerprint density at radius 1 is 1.25 bits per heavy atom. The summed E-state index contributed by atoms with van der Waals surface area (Å²) in [6.07, 6.45) is 3.10. The summed E-state index contributed by atoms with van der Waals surface area (Å²) < 4.78 is 5.33. The van der Waals surface area contributed by atoms with Crippen molar-refractivity contribution in [3.05, 3.63) is 57.6 Å². The molecule has 0 bridgehead atoms. The second kappa shape index (κ2) is 6.60. The molecule has 1 saturated heterocycles. The maximum atomic E-state index is 11.3. The van der Waals surface area contributed by atoms with Gasteiger partial charge in [0.25, 0.3) is 5.56 Å². The standard InChI is InChI=1S/C20H28N2O2/c1-20(2,3)16-7-5-14(6-8-16)11-17-12-15(9-10-22(17)4)18-13-19(23)21-24-18/h5-8,13,15,17H,9-12H2,1-4H3,(H,21,23)/t15-,17-/m0/s1. The molecule has 0 spiro atoms. The maximum absolute atomic E-state index is 11.3. The second-order valence-electron chi connectivity index (χ2n) is 8.12. The van der Waals surface area contributed by atoms with Crippen molar-refractivity contribution < 1.29 is 4.52 Å². The van der Waals surface area contributed by atoms with Crippen molar-refractivity contribution in [1.82, 2.24) is 10.1 Å². The number of nitrogens with one attached hydrogen (secondary N) is 1. The number of H-pyrrole nitrogens is 1. The van der Waals surface area contributed by atoms with Crippen molar-refractivity contribution in [2.45, 2.75) is 57.4 Å². The fourth-order valence-electron chi connectivity index (χ4n) is 3.58. The van der Waals surface area contributed by atoms with Gasteiger partial charge in [0.05, 0.1) is 0 Å². The Balaban J connectivity index is 1.70. The summed E-state index contributed by atoms with van der Waals surface area (Å²) in [6, 6.07) is 11.1. The summed E-state index contributed by atoms with van der Waals surface area (Å²) in [5.74, 6) is 1.14. The van der Waals surface area contributed by atoms with Gasteiger partial charge in [-0.25, -0.2) is 0 Å². The maximum Gasteiger partial charge on any atom is 0.280 e. The molecule has 4 heteroatoms. The Morgan fingerprint density at radius 2 is 1.96 bits per heavy atom. The van der Waals surface area contributed by atoms with Crippen LogP contribution >= 0.6 is 0 Å². The number of piperidine rings is 1. The molecule has 0 saturated carbocycles. The van der Waals surface area contributed by atoms with E-state index >= 15 is 0 Å². The summed E-state index contributed by atoms with van der Waals surface area (Å²) in [7, 11) is 2.19. The molecule has 24 heavy (non-hydrogen) atoms. The summed E-state index contributed by atoms with van der Waals surface area (Å²) in [4.78, 5) is 13.8. The molecule has 130 valence electrons. The third-order valence-electron chi connectivity index (χ3n) is 5.25. The lowest BCUT2D eigenvalue weighted by molar-refractivity contribution is 0.155. The van der Waals surface area contributed by atoms with Gasteiger partial charge in [0.1, 0.15) is 5.76 Å². The van der Waals surface area contributed by atoms with E-state index < -0.39 is 0 Å². The first-order valence-electron chi connectivity index (χ1n) is 8.81. The van der Waals surface area contributed by atoms with E-state index in [-0.39, 0.29) is 11.0 Å². The Labute approximate surface area is 143 Å². The van der Waals surface area contributed by atoms with Crippen LogP contribution in [0.1, 0.15) is 56.4 Å². The van der Waals surface area contributed by atoms with Gasteiger partial charge in [-0.05, 0) is 49.4 Å². The van der Waals surface area contributed by atoms with Crippen LogP contribution in [0.2, 0.25) is 0 Å². The minimum atomic E-state index is -0.141. The molecule has 3 rings (SSSR count). The van der Waals surface area contributed by atoms with Gasteiger partial charge in [-0.3, -0.25) is 4.79 Å². The van der Waals surface area contributed by atoms with Crippen molar-refractivity contribution in [3.63, 3.8) is 0 Å². The van der Waals surface area contributed by atoms with Crippen LogP contribution in [0, 0.1) is 0 Å². The summed E-state index contributed by atoms with van der Waals surface area (Å²) in [5, 5.41) is 2.42. The zero-order valence-electron chi connectivity index (χ0n) is 15.1. The summed E-state index contributed by atoms with van der Waals surface area (Å²) >= 11 is 0. The van der Waals surface area contributed by atoms with Crippen LogP contribution in [0.15, 0.2) is 39.6 Å². The van der Waals surface area contributed by atoms with E-state index in [1.165, 1.54) is 11.1 Å². The average molecular weight is 328 g/mol. The molecule has 0 radical (unpaired) electrons. The molecule has 2 atom stereocenters. The first-order valence-corrected chi connectivity index (χ1v) is 8.81. The molecule has 0 unspecified atom stereocenters. The summed E-state index contributed by atoms with van der Waals surface area (Å²) in [5.41, 5.74) is 2.79. The van der Waals surface area contributed by atoms with E-state index in [0.717, 1.165) is 31.6 Å². The summed E-state index contributed by atoms with van der Waals surface area (Å²) in [6.45, 7) is 7.76. The number of nitrogens with zero attached hydrogens (tertiary/aromatic N) is 1. The zero-order chi connectivity index (χ0) is 17.3. The van der Waals surface area contributed by atoms with Gasteiger partial charge in [-0.15, -0.1) is 0 Å². The van der Waals surface area contributed by atoms with Crippen LogP contribution in [0.5, 0.6) is 0 Å². The van der Waals surface area contributed by atoms with Crippen LogP contribution < -0.4 is 5.56 Å². The highest BCUT2D eigenvalue weighted by atomic mass is 16.5. The molecule has 1 aromatic carbocycles. The van der Waals surface area contributed by atoms with Crippen LogP contribution in [-0.4, -0.2) is 29.7 Å². The number of hydrogen-bond donors (Lipinski definition) is 1. The molecule has 0 amide bonds. The number of benzene rings is 1. The van der Waals surface area contributed by atoms with E-state index in [4.69, 9.17) is 4.52 Å². The number of rotatable bonds is 3. The lowest BCUT2D eigenvalue weighted by Crippen LogP contribution is -2.40. The minimum absolute atomic E-state index is 0.141. The molecule has 2 aromatic rings. The molecule has 1 aromatic heterocycles. The highest BCUT2D eigenvalue weighted by molar-refractivity contribution is 5.28. The van der Waals surface area contributed by atoms with Gasteiger partial charge in [-0.1, -0.05) is 45.0 Å². The number of likely N-dealkylation sites (N-methyl/N-ethyl adjacent to an activating group) is 1. The normalized spacial score (nSPS) is 22.7. The van der Waals surface area contributed by atoms with E-state index in [1.54, 1.807) is 6.07 Å². The second-order valence-corrected chi connectivity index (χ2v) is 8.12. The van der Waals surface area contributed by atoms with Crippen LogP contribution in [0.3, 0.4) is 0 Å². The van der Waals surface area contributed by atoms with Gasteiger partial charge in [0.2, 0.25) is 0 Å². The molecular formula is C20H28N2O2. The topological polar surface area (TPSA) is 49.2 Å². The van der Waals surface area contributed by atoms with Gasteiger partial charge in [0.15, 0.2) is 0 Å². The van der Waals surface area contributed by atoms with Crippen molar-refractivity contribution >= 4 is 0 Å². The van der Waals surface area contributed by atoms with E-state index in [0.29, 0.717) is 12.0 Å². The van der Waals surface area contributed by atoms with E-state index in [9.17, 15) is 4.79 Å². The van der Waals surface area contributed by atoms with Gasteiger partial charge < -0.3 is 9.42 Å². The Hall–Kier alpha value is -1.81. The quantitative estimate of drug-likeness (QED) is 0.935. The first kappa shape index (κ1) is 17.0. The molecule has 1 aliphatic heterocycles. The SMILES string of the molecule is CN1CC[C@H](c2cc(=O)[nH]o2)C[C@@H]1Cc1ccc(C(C)(C)C)cc1. The van der Waals surface area contributed by atoms with Gasteiger partial charge >= 0.3 is 0 Å². The Morgan fingerprint density at radius 3 is 2.54 bits per heavy atom. The molecule has 0 aliphatic carbocycles. The van der Waals surface area contributed by atoms with Crippen LogP contribution in [0.4, 0.5) is 0 Å². The van der Waals surface area contributed by atoms with Gasteiger partial charge in [-0.2, -0.15) is 5.16 Å². The van der Waals surface area contributed by atoms with Crippen molar-refractivity contribution in [2.75, 3.05) is 13.6 Å². The molecule has 4 nitrogen and oxygen atoms in total. The van der Waals surface area contributed by atoms with Gasteiger partial charge in [0, 0.05) is 18.0 Å². The molecule has 2 heterocycles. The fourth-order valence-corrected chi connectivity index (χ4v) is 3.58. The number of likely N-dealkylation sites (tertiary alicyclic amines) is 1. The Kier molecular flexibility index (Phi) is 4.68. The highest BCUT2D eigenvalue weighted by Crippen LogP contribution is 2.32. The third-order valence-corrected chi connectivity index (χ3v) is 5.25. The number of aromatic amines is 1. The first-order chi connectivity index (χ1) is 11.3. The van der Waals surface area contributed by atoms with Crippen molar-refractivity contribution in [3.8, 4) is 0 Å². The number of aromatic nitrogens is 1. The fraction of sp³-hybridized carbons (Fsp3) is 0.550. The predicted molar refractivity (Wildman–Crippen MR) is 96.6 cm³/mol. The van der Waals surface area contributed by atoms with Crippen LogP contribution in [0.25, 0.3) is 0 Å². The lowest BCUT2D eigenvalue weighted by Gasteiger charge is -2.36. The predicted octanol–water partition coefficient (Wildman–Crippen LogP) is 3.69.